The van der Waals surface area contributed by atoms with Crippen molar-refractivity contribution < 1.29 is 4.79 Å². The largest absolute Gasteiger partial charge is 0.342 e. The van der Waals surface area contributed by atoms with E-state index >= 15 is 0 Å². The Morgan fingerprint density at radius 1 is 1.39 bits per heavy atom. The van der Waals surface area contributed by atoms with Crippen LogP contribution < -0.4 is 5.73 Å². The van der Waals surface area contributed by atoms with Crippen molar-refractivity contribution in [2.24, 2.45) is 11.7 Å². The second-order valence-electron chi connectivity index (χ2n) is 6.25. The van der Waals surface area contributed by atoms with Crippen molar-refractivity contribution in [2.75, 3.05) is 13.1 Å². The lowest BCUT2D eigenvalue weighted by Crippen LogP contribution is -2.41. The molecule has 1 saturated heterocycles. The first kappa shape index (κ1) is 22.1. The monoisotopic (exact) mass is 365 g/mol. The summed E-state index contributed by atoms with van der Waals surface area (Å²) in [5, 5.41) is 4.42. The molecule has 8 heteroatoms. The zero-order valence-corrected chi connectivity index (χ0v) is 15.8. The van der Waals surface area contributed by atoms with E-state index in [1.807, 2.05) is 30.4 Å². The van der Waals surface area contributed by atoms with Gasteiger partial charge in [-0.2, -0.15) is 5.10 Å². The molecular formula is C15H29Cl2N5O. The fourth-order valence-corrected chi connectivity index (χ4v) is 2.93. The lowest BCUT2D eigenvalue weighted by atomic mass is 9.97. The zero-order valence-electron chi connectivity index (χ0n) is 14.2. The number of nitrogens with zero attached hydrogens (tertiary/aromatic N) is 4. The number of carbonyl (C=O) groups excluding carboxylic acids is 1. The molecule has 2 rings (SSSR count). The maximum absolute atomic E-state index is 12.2. The molecule has 0 spiro atoms. The highest BCUT2D eigenvalue weighted by molar-refractivity contribution is 5.85. The maximum Gasteiger partial charge on any atom is 0.222 e. The van der Waals surface area contributed by atoms with Crippen LogP contribution in [0.3, 0.4) is 0 Å². The van der Waals surface area contributed by atoms with Gasteiger partial charge in [0.2, 0.25) is 5.91 Å². The van der Waals surface area contributed by atoms with E-state index in [4.69, 9.17) is 5.73 Å². The predicted molar refractivity (Wildman–Crippen MR) is 96.2 cm³/mol. The van der Waals surface area contributed by atoms with E-state index in [0.717, 1.165) is 50.5 Å². The molecule has 1 fully saturated rings. The van der Waals surface area contributed by atoms with Crippen molar-refractivity contribution in [3.05, 3.63) is 11.6 Å². The van der Waals surface area contributed by atoms with Gasteiger partial charge in [-0.3, -0.25) is 4.79 Å². The molecule has 0 aromatic carbocycles. The summed E-state index contributed by atoms with van der Waals surface area (Å²) in [5.74, 6) is 2.47. The Balaban J connectivity index is 0.00000242. The Hall–Kier alpha value is -0.850. The van der Waals surface area contributed by atoms with Gasteiger partial charge in [-0.1, -0.05) is 0 Å². The van der Waals surface area contributed by atoms with Gasteiger partial charge in [0.05, 0.1) is 0 Å². The summed E-state index contributed by atoms with van der Waals surface area (Å²) in [5.41, 5.74) is 5.73. The number of carbonyl (C=O) groups is 1. The highest BCUT2D eigenvalue weighted by Crippen LogP contribution is 2.19. The first-order valence-corrected chi connectivity index (χ1v) is 7.87. The second kappa shape index (κ2) is 10.1. The third-order valence-corrected chi connectivity index (χ3v) is 4.08. The quantitative estimate of drug-likeness (QED) is 0.866. The van der Waals surface area contributed by atoms with Crippen LogP contribution >= 0.6 is 24.8 Å². The first-order chi connectivity index (χ1) is 9.95. The number of aromatic nitrogens is 3. The van der Waals surface area contributed by atoms with E-state index in [9.17, 15) is 4.79 Å². The minimum atomic E-state index is 0. The van der Waals surface area contributed by atoms with Crippen LogP contribution in [0, 0.1) is 19.8 Å². The summed E-state index contributed by atoms with van der Waals surface area (Å²) in [6.45, 7) is 8.40. The van der Waals surface area contributed by atoms with Crippen molar-refractivity contribution in [3.8, 4) is 0 Å². The van der Waals surface area contributed by atoms with Gasteiger partial charge in [-0.05, 0) is 46.0 Å². The average molecular weight is 366 g/mol. The molecule has 2 N–H and O–H groups in total. The normalized spacial score (nSPS) is 18.8. The molecule has 2 heterocycles. The Morgan fingerprint density at radius 3 is 2.65 bits per heavy atom. The maximum atomic E-state index is 12.2. The first-order valence-electron chi connectivity index (χ1n) is 7.87. The van der Waals surface area contributed by atoms with Gasteiger partial charge in [0, 0.05) is 32.1 Å². The van der Waals surface area contributed by atoms with Crippen LogP contribution in [0.5, 0.6) is 0 Å². The summed E-state index contributed by atoms with van der Waals surface area (Å²) in [6, 6.07) is 0.0929. The van der Waals surface area contributed by atoms with Crippen molar-refractivity contribution in [2.45, 2.75) is 59.0 Å². The summed E-state index contributed by atoms with van der Waals surface area (Å²) >= 11 is 0. The Labute approximate surface area is 151 Å². The summed E-state index contributed by atoms with van der Waals surface area (Å²) in [6.07, 6.45) is 3.55. The minimum Gasteiger partial charge on any atom is -0.342 e. The van der Waals surface area contributed by atoms with Gasteiger partial charge in [0.25, 0.3) is 0 Å². The van der Waals surface area contributed by atoms with Crippen LogP contribution in [0.4, 0.5) is 0 Å². The lowest BCUT2D eigenvalue weighted by Gasteiger charge is -2.33. The Kier molecular flexibility index (Phi) is 9.73. The Bertz CT molecular complexity index is 492. The summed E-state index contributed by atoms with van der Waals surface area (Å²) < 4.78 is 1.97. The molecule has 0 aliphatic carbocycles. The van der Waals surface area contributed by atoms with Crippen LogP contribution in [0.15, 0.2) is 0 Å². The number of hydrogen-bond donors (Lipinski definition) is 1. The number of nitrogens with two attached hydrogens (primary N) is 1. The SMILES string of the molecule is Cc1nc(C)n(CC2CCCN(C(=O)CCC(C)N)C2)n1.Cl.Cl. The van der Waals surface area contributed by atoms with Gasteiger partial charge in [-0.15, -0.1) is 24.8 Å². The van der Waals surface area contributed by atoms with Crippen LogP contribution in [-0.4, -0.2) is 44.7 Å². The zero-order chi connectivity index (χ0) is 15.4. The van der Waals surface area contributed by atoms with Crippen LogP contribution in [0.25, 0.3) is 0 Å². The molecule has 1 aromatic heterocycles. The molecule has 1 amide bonds. The van der Waals surface area contributed by atoms with Crippen molar-refractivity contribution in [1.29, 1.82) is 0 Å². The van der Waals surface area contributed by atoms with Gasteiger partial charge in [0.15, 0.2) is 0 Å². The predicted octanol–water partition coefficient (Wildman–Crippen LogP) is 2.10. The number of halogens is 2. The molecule has 1 aliphatic heterocycles. The molecule has 6 nitrogen and oxygen atoms in total. The van der Waals surface area contributed by atoms with E-state index in [2.05, 4.69) is 10.1 Å². The number of amides is 1. The third-order valence-electron chi connectivity index (χ3n) is 4.08. The van der Waals surface area contributed by atoms with Crippen molar-refractivity contribution in [1.82, 2.24) is 19.7 Å². The molecule has 0 radical (unpaired) electrons. The van der Waals surface area contributed by atoms with Crippen LogP contribution in [0.2, 0.25) is 0 Å². The standard InChI is InChI=1S/C15H27N5O.2ClH/c1-11(16)6-7-15(21)19-8-4-5-14(9-19)10-20-13(3)17-12(2)18-20;;/h11,14H,4-10,16H2,1-3H3;2*1H. The number of likely N-dealkylation sites (tertiary alicyclic amines) is 1. The number of piperidine rings is 1. The van der Waals surface area contributed by atoms with Crippen LogP contribution in [0.1, 0.15) is 44.3 Å². The number of hydrogen-bond acceptors (Lipinski definition) is 4. The number of rotatable bonds is 5. The van der Waals surface area contributed by atoms with E-state index < -0.39 is 0 Å². The van der Waals surface area contributed by atoms with Gasteiger partial charge in [0.1, 0.15) is 11.6 Å². The molecule has 1 aliphatic rings. The average Bonchev–Trinajstić information content (AvgIpc) is 2.74. The lowest BCUT2D eigenvalue weighted by molar-refractivity contribution is -0.133. The van der Waals surface area contributed by atoms with E-state index in [1.54, 1.807) is 0 Å². The second-order valence-corrected chi connectivity index (χ2v) is 6.25. The summed E-state index contributed by atoms with van der Waals surface area (Å²) in [7, 11) is 0. The smallest absolute Gasteiger partial charge is 0.222 e. The van der Waals surface area contributed by atoms with E-state index in [-0.39, 0.29) is 36.8 Å². The molecule has 134 valence electrons. The van der Waals surface area contributed by atoms with E-state index in [0.29, 0.717) is 12.3 Å². The van der Waals surface area contributed by atoms with Crippen molar-refractivity contribution in [3.63, 3.8) is 0 Å². The highest BCUT2D eigenvalue weighted by Gasteiger charge is 2.24. The molecule has 1 aromatic rings. The van der Waals surface area contributed by atoms with Gasteiger partial charge >= 0.3 is 0 Å². The molecule has 0 saturated carbocycles. The molecular weight excluding hydrogens is 337 g/mol. The van der Waals surface area contributed by atoms with Crippen molar-refractivity contribution >= 4 is 30.7 Å². The molecule has 0 bridgehead atoms. The number of aryl methyl sites for hydroxylation is 2. The Morgan fingerprint density at radius 2 is 2.09 bits per heavy atom. The van der Waals surface area contributed by atoms with E-state index in [1.165, 1.54) is 0 Å². The topological polar surface area (TPSA) is 77.0 Å². The molecule has 2 unspecified atom stereocenters. The summed E-state index contributed by atoms with van der Waals surface area (Å²) in [4.78, 5) is 18.5. The molecule has 23 heavy (non-hydrogen) atoms. The fourth-order valence-electron chi connectivity index (χ4n) is 2.93. The molecule has 2 atom stereocenters. The van der Waals surface area contributed by atoms with Gasteiger partial charge < -0.3 is 10.6 Å². The highest BCUT2D eigenvalue weighted by atomic mass is 35.5. The third kappa shape index (κ3) is 6.65. The van der Waals surface area contributed by atoms with Gasteiger partial charge in [-0.25, -0.2) is 9.67 Å². The minimum absolute atomic E-state index is 0. The fraction of sp³-hybridized carbons (Fsp3) is 0.800. The van der Waals surface area contributed by atoms with Crippen LogP contribution in [-0.2, 0) is 11.3 Å².